The molecule has 214 valence electrons. The predicted octanol–water partition coefficient (Wildman–Crippen LogP) is 5.12. The molecule has 2 amide bonds. The van der Waals surface area contributed by atoms with Gasteiger partial charge >= 0.3 is 11.9 Å². The average molecular weight is 577 g/mol. The van der Waals surface area contributed by atoms with E-state index in [1.165, 1.54) is 0 Å². The van der Waals surface area contributed by atoms with Gasteiger partial charge in [0.15, 0.2) is 0 Å². The maximum Gasteiger partial charge on any atom is 0.333 e. The Hall–Kier alpha value is -4.18. The van der Waals surface area contributed by atoms with Crippen molar-refractivity contribution in [1.82, 2.24) is 10.3 Å². The van der Waals surface area contributed by atoms with E-state index in [1.54, 1.807) is 30.5 Å². The van der Waals surface area contributed by atoms with Gasteiger partial charge in [-0.2, -0.15) is 0 Å². The lowest BCUT2D eigenvalue weighted by atomic mass is 9.97. The first-order chi connectivity index (χ1) is 19.8. The first-order valence-corrected chi connectivity index (χ1v) is 14.2. The lowest BCUT2D eigenvalue weighted by Crippen LogP contribution is -2.46. The molecule has 1 fully saturated rings. The molecule has 0 spiro atoms. The molecule has 4 rings (SSSR count). The lowest BCUT2D eigenvalue weighted by Gasteiger charge is -2.22. The number of hydrogen-bond donors (Lipinski definition) is 1. The number of pyridine rings is 1. The largest absolute Gasteiger partial charge is 0.493 e. The predicted molar refractivity (Wildman–Crippen MR) is 153 cm³/mol. The van der Waals surface area contributed by atoms with Crippen LogP contribution in [0.15, 0.2) is 72.9 Å². The van der Waals surface area contributed by atoms with E-state index >= 15 is 0 Å². The second-order valence-corrected chi connectivity index (χ2v) is 10.9. The van der Waals surface area contributed by atoms with Gasteiger partial charge in [0.1, 0.15) is 18.5 Å². The Morgan fingerprint density at radius 2 is 1.76 bits per heavy atom. The fourth-order valence-corrected chi connectivity index (χ4v) is 5.19. The topological polar surface area (TPSA) is 121 Å². The standard InChI is InChI=1S/C31H32N2O7S/c1-3-7-27(34)40-21(2)24-12-13-25(32-19-24)16-17-38-26-14-10-22(11-15-26)18-31(28(35)33-30(37)41-31)29(36)39-20-23-8-5-4-6-9-23/h4-6,8-15,19,21H,3,7,16-18,20H2,1-2H3,(H,33,35,37). The summed E-state index contributed by atoms with van der Waals surface area (Å²) in [4.78, 5) is 54.0. The molecule has 9 nitrogen and oxygen atoms in total. The Bertz CT molecular complexity index is 1360. The molecule has 1 saturated heterocycles. The van der Waals surface area contributed by atoms with Crippen molar-refractivity contribution in [2.75, 3.05) is 6.61 Å². The van der Waals surface area contributed by atoms with E-state index in [9.17, 15) is 19.2 Å². The van der Waals surface area contributed by atoms with Crippen LogP contribution < -0.4 is 10.1 Å². The van der Waals surface area contributed by atoms with Crippen molar-refractivity contribution >= 4 is 34.8 Å². The van der Waals surface area contributed by atoms with Gasteiger partial charge in [0.05, 0.1) is 6.61 Å². The summed E-state index contributed by atoms with van der Waals surface area (Å²) in [7, 11) is 0. The van der Waals surface area contributed by atoms with Crippen molar-refractivity contribution in [2.45, 2.75) is 57.0 Å². The Balaban J connectivity index is 1.30. The molecule has 0 aliphatic carbocycles. The molecular weight excluding hydrogens is 544 g/mol. The summed E-state index contributed by atoms with van der Waals surface area (Å²) in [6.07, 6.45) is 3.04. The Labute approximate surface area is 243 Å². The van der Waals surface area contributed by atoms with Gasteiger partial charge in [0.2, 0.25) is 4.75 Å². The van der Waals surface area contributed by atoms with Gasteiger partial charge in [-0.05, 0) is 54.4 Å². The maximum absolute atomic E-state index is 13.1. The molecule has 41 heavy (non-hydrogen) atoms. The van der Waals surface area contributed by atoms with Crippen molar-refractivity contribution in [3.8, 4) is 5.75 Å². The first-order valence-electron chi connectivity index (χ1n) is 13.4. The van der Waals surface area contributed by atoms with Crippen LogP contribution in [0.1, 0.15) is 55.2 Å². The number of amides is 2. The highest BCUT2D eigenvalue weighted by atomic mass is 32.2. The van der Waals surface area contributed by atoms with Crippen LogP contribution in [0, 0.1) is 0 Å². The Morgan fingerprint density at radius 1 is 1.00 bits per heavy atom. The van der Waals surface area contributed by atoms with E-state index < -0.39 is 21.9 Å². The van der Waals surface area contributed by atoms with Crippen LogP contribution in [0.3, 0.4) is 0 Å². The summed E-state index contributed by atoms with van der Waals surface area (Å²) in [5, 5.41) is 1.63. The summed E-state index contributed by atoms with van der Waals surface area (Å²) >= 11 is 0.646. The minimum absolute atomic E-state index is 0.000742. The molecule has 2 heterocycles. The Morgan fingerprint density at radius 3 is 2.39 bits per heavy atom. The third-order valence-electron chi connectivity index (χ3n) is 6.47. The molecule has 1 aliphatic rings. The van der Waals surface area contributed by atoms with Gasteiger partial charge in [0, 0.05) is 36.7 Å². The van der Waals surface area contributed by atoms with Gasteiger partial charge in [0.25, 0.3) is 11.1 Å². The second-order valence-electron chi connectivity index (χ2n) is 9.62. The van der Waals surface area contributed by atoms with E-state index in [1.807, 2.05) is 56.3 Å². The highest BCUT2D eigenvalue weighted by molar-refractivity contribution is 8.16. The van der Waals surface area contributed by atoms with Crippen LogP contribution in [0.5, 0.6) is 5.75 Å². The average Bonchev–Trinajstić information content (AvgIpc) is 3.26. The smallest absolute Gasteiger partial charge is 0.333 e. The number of imide groups is 1. The van der Waals surface area contributed by atoms with Crippen molar-refractivity contribution in [3.05, 3.63) is 95.3 Å². The fraction of sp³-hybridized carbons (Fsp3) is 0.323. The minimum Gasteiger partial charge on any atom is -0.493 e. The zero-order valence-electron chi connectivity index (χ0n) is 23.0. The highest BCUT2D eigenvalue weighted by Gasteiger charge is 2.55. The van der Waals surface area contributed by atoms with E-state index in [0.717, 1.165) is 23.2 Å². The molecule has 1 N–H and O–H groups in total. The maximum atomic E-state index is 13.1. The number of ether oxygens (including phenoxy) is 3. The second kappa shape index (κ2) is 13.9. The van der Waals surface area contributed by atoms with E-state index in [4.69, 9.17) is 14.2 Å². The molecule has 0 bridgehead atoms. The number of carbonyl (C=O) groups excluding carboxylic acids is 4. The van der Waals surface area contributed by atoms with Gasteiger partial charge in [-0.25, -0.2) is 4.79 Å². The molecule has 2 atom stereocenters. The molecule has 1 aliphatic heterocycles. The molecule has 0 saturated carbocycles. The number of esters is 2. The number of carbonyl (C=O) groups is 4. The van der Waals surface area contributed by atoms with Gasteiger partial charge in [-0.1, -0.05) is 55.5 Å². The number of aromatic nitrogens is 1. The lowest BCUT2D eigenvalue weighted by molar-refractivity contribution is -0.151. The van der Waals surface area contributed by atoms with Crippen LogP contribution in [0.25, 0.3) is 0 Å². The minimum atomic E-state index is -1.70. The van der Waals surface area contributed by atoms with Crippen LogP contribution in [0.2, 0.25) is 0 Å². The highest BCUT2D eigenvalue weighted by Crippen LogP contribution is 2.37. The zero-order valence-corrected chi connectivity index (χ0v) is 23.8. The van der Waals surface area contributed by atoms with E-state index in [-0.39, 0.29) is 25.1 Å². The summed E-state index contributed by atoms with van der Waals surface area (Å²) < 4.78 is 15.0. The van der Waals surface area contributed by atoms with Gasteiger partial charge in [-0.3, -0.25) is 24.7 Å². The van der Waals surface area contributed by atoms with Crippen LogP contribution in [0.4, 0.5) is 4.79 Å². The third-order valence-corrected chi connectivity index (χ3v) is 7.61. The number of hydrogen-bond acceptors (Lipinski definition) is 9. The Kier molecular flexibility index (Phi) is 10.1. The number of nitrogens with one attached hydrogen (secondary N) is 1. The fourth-order valence-electron chi connectivity index (χ4n) is 4.20. The molecule has 10 heteroatoms. The normalized spacial score (nSPS) is 17.0. The van der Waals surface area contributed by atoms with Crippen LogP contribution >= 0.6 is 11.8 Å². The van der Waals surface area contributed by atoms with Crippen LogP contribution in [-0.2, 0) is 43.3 Å². The first kappa shape index (κ1) is 29.8. The zero-order chi connectivity index (χ0) is 29.2. The molecule has 1 aromatic heterocycles. The number of benzene rings is 2. The van der Waals surface area contributed by atoms with Crippen LogP contribution in [-0.4, -0.2) is 39.4 Å². The summed E-state index contributed by atoms with van der Waals surface area (Å²) in [5.41, 5.74) is 3.12. The summed E-state index contributed by atoms with van der Waals surface area (Å²) in [5.74, 6) is -1.05. The quantitative estimate of drug-likeness (QED) is 0.218. The monoisotopic (exact) mass is 576 g/mol. The SMILES string of the molecule is CCCC(=O)OC(C)c1ccc(CCOc2ccc(CC3(C(=O)OCc4ccccc4)SC(=O)NC3=O)cc2)nc1. The molecule has 2 aromatic carbocycles. The van der Waals surface area contributed by atoms with E-state index in [0.29, 0.717) is 42.5 Å². The van der Waals surface area contributed by atoms with Crippen molar-refractivity contribution in [3.63, 3.8) is 0 Å². The van der Waals surface area contributed by atoms with E-state index in [2.05, 4.69) is 10.3 Å². The number of thioether (sulfide) groups is 1. The van der Waals surface area contributed by atoms with Crippen molar-refractivity contribution in [2.24, 2.45) is 0 Å². The molecule has 3 aromatic rings. The van der Waals surface area contributed by atoms with Gasteiger partial charge in [-0.15, -0.1) is 0 Å². The molecular formula is C31H32N2O7S. The summed E-state index contributed by atoms with van der Waals surface area (Å²) in [6.45, 7) is 4.13. The summed E-state index contributed by atoms with van der Waals surface area (Å²) in [6, 6.07) is 19.9. The number of rotatable bonds is 13. The third kappa shape index (κ3) is 7.94. The van der Waals surface area contributed by atoms with Crippen molar-refractivity contribution in [1.29, 1.82) is 0 Å². The molecule has 0 radical (unpaired) electrons. The number of nitrogens with zero attached hydrogens (tertiary/aromatic N) is 1. The van der Waals surface area contributed by atoms with Gasteiger partial charge < -0.3 is 14.2 Å². The van der Waals surface area contributed by atoms with Crippen molar-refractivity contribution < 1.29 is 33.4 Å². The molecule has 2 unspecified atom stereocenters.